The molecule has 4 heteroatoms. The van der Waals surface area contributed by atoms with Crippen molar-refractivity contribution < 1.29 is 4.74 Å². The van der Waals surface area contributed by atoms with Crippen molar-refractivity contribution in [3.63, 3.8) is 0 Å². The van der Waals surface area contributed by atoms with Gasteiger partial charge in [-0.05, 0) is 50.8 Å². The van der Waals surface area contributed by atoms with Crippen LogP contribution >= 0.6 is 0 Å². The van der Waals surface area contributed by atoms with E-state index in [0.717, 1.165) is 50.5 Å². The summed E-state index contributed by atoms with van der Waals surface area (Å²) in [6.45, 7) is 4.72. The first-order valence-corrected chi connectivity index (χ1v) is 7.41. The van der Waals surface area contributed by atoms with Crippen molar-refractivity contribution in [3.05, 3.63) is 18.3 Å². The van der Waals surface area contributed by atoms with E-state index in [9.17, 15) is 0 Å². The predicted molar refractivity (Wildman–Crippen MR) is 78.7 cm³/mol. The predicted octanol–water partition coefficient (Wildman–Crippen LogP) is 2.58. The molecule has 0 bridgehead atoms. The lowest BCUT2D eigenvalue weighted by molar-refractivity contribution is 0.316. The van der Waals surface area contributed by atoms with E-state index < -0.39 is 0 Å². The average molecular weight is 263 g/mol. The molecule has 0 aliphatic carbocycles. The van der Waals surface area contributed by atoms with Gasteiger partial charge in [0, 0.05) is 18.8 Å². The molecule has 4 nitrogen and oxygen atoms in total. The van der Waals surface area contributed by atoms with Gasteiger partial charge in [0.15, 0.2) is 11.6 Å². The summed E-state index contributed by atoms with van der Waals surface area (Å²) in [5.41, 5.74) is 5.63. The standard InChI is InChI=1S/C15H25N3O/c1-2-12-19-14-8-4-10-17-15(14)18-11-5-7-13(18)6-3-9-16/h4,8,10,13H,2-3,5-7,9,11-12,16H2,1H3. The van der Waals surface area contributed by atoms with Crippen LogP contribution in [0.2, 0.25) is 0 Å². The fourth-order valence-corrected chi connectivity index (χ4v) is 2.69. The Hall–Kier alpha value is -1.29. The van der Waals surface area contributed by atoms with Gasteiger partial charge in [0.2, 0.25) is 0 Å². The zero-order chi connectivity index (χ0) is 13.5. The van der Waals surface area contributed by atoms with Crippen LogP contribution in [-0.2, 0) is 0 Å². The molecule has 1 fully saturated rings. The molecule has 0 saturated carbocycles. The molecule has 2 N–H and O–H groups in total. The largest absolute Gasteiger partial charge is 0.490 e. The van der Waals surface area contributed by atoms with Gasteiger partial charge in [-0.25, -0.2) is 4.98 Å². The lowest BCUT2D eigenvalue weighted by Crippen LogP contribution is -2.30. The van der Waals surface area contributed by atoms with Crippen molar-refractivity contribution in [2.75, 3.05) is 24.6 Å². The van der Waals surface area contributed by atoms with Crippen molar-refractivity contribution in [3.8, 4) is 5.75 Å². The van der Waals surface area contributed by atoms with E-state index in [2.05, 4.69) is 16.8 Å². The van der Waals surface area contributed by atoms with Crippen LogP contribution < -0.4 is 15.4 Å². The molecule has 106 valence electrons. The highest BCUT2D eigenvalue weighted by atomic mass is 16.5. The molecule has 1 aromatic rings. The van der Waals surface area contributed by atoms with Crippen molar-refractivity contribution >= 4 is 5.82 Å². The molecule has 19 heavy (non-hydrogen) atoms. The SMILES string of the molecule is CCCOc1cccnc1N1CCCC1CCCN. The monoisotopic (exact) mass is 263 g/mol. The zero-order valence-electron chi connectivity index (χ0n) is 11.8. The summed E-state index contributed by atoms with van der Waals surface area (Å²) in [6.07, 6.45) is 7.58. The minimum atomic E-state index is 0.572. The maximum Gasteiger partial charge on any atom is 0.171 e. The molecule has 2 rings (SSSR count). The molecule has 2 heterocycles. The molecular weight excluding hydrogens is 238 g/mol. The molecule has 1 aliphatic rings. The van der Waals surface area contributed by atoms with Gasteiger partial charge < -0.3 is 15.4 Å². The second kappa shape index (κ2) is 7.34. The maximum absolute atomic E-state index is 5.82. The summed E-state index contributed by atoms with van der Waals surface area (Å²) in [7, 11) is 0. The van der Waals surface area contributed by atoms with Gasteiger partial charge >= 0.3 is 0 Å². The van der Waals surface area contributed by atoms with E-state index in [1.165, 1.54) is 12.8 Å². The smallest absolute Gasteiger partial charge is 0.171 e. The van der Waals surface area contributed by atoms with E-state index in [-0.39, 0.29) is 0 Å². The average Bonchev–Trinajstić information content (AvgIpc) is 2.91. The molecular formula is C15H25N3O. The summed E-state index contributed by atoms with van der Waals surface area (Å²) in [6, 6.07) is 4.54. The summed E-state index contributed by atoms with van der Waals surface area (Å²) >= 11 is 0. The van der Waals surface area contributed by atoms with Crippen LogP contribution in [0.25, 0.3) is 0 Å². The molecule has 0 amide bonds. The summed E-state index contributed by atoms with van der Waals surface area (Å²) in [4.78, 5) is 6.95. The van der Waals surface area contributed by atoms with Gasteiger partial charge in [-0.1, -0.05) is 6.92 Å². The third-order valence-corrected chi connectivity index (χ3v) is 3.60. The number of ether oxygens (including phenoxy) is 1. The number of rotatable bonds is 7. The highest BCUT2D eigenvalue weighted by Crippen LogP contribution is 2.33. The second-order valence-corrected chi connectivity index (χ2v) is 5.09. The van der Waals surface area contributed by atoms with Crippen molar-refractivity contribution in [1.82, 2.24) is 4.98 Å². The van der Waals surface area contributed by atoms with Gasteiger partial charge in [-0.3, -0.25) is 0 Å². The third-order valence-electron chi connectivity index (χ3n) is 3.60. The van der Waals surface area contributed by atoms with Crippen molar-refractivity contribution in [1.29, 1.82) is 0 Å². The Balaban J connectivity index is 2.10. The second-order valence-electron chi connectivity index (χ2n) is 5.09. The summed E-state index contributed by atoms with van der Waals surface area (Å²) in [5.74, 6) is 1.93. The van der Waals surface area contributed by atoms with Crippen molar-refractivity contribution in [2.24, 2.45) is 5.73 Å². The number of aromatic nitrogens is 1. The fourth-order valence-electron chi connectivity index (χ4n) is 2.69. The van der Waals surface area contributed by atoms with Gasteiger partial charge in [0.25, 0.3) is 0 Å². The lowest BCUT2D eigenvalue weighted by atomic mass is 10.1. The first-order chi connectivity index (χ1) is 9.36. The number of nitrogens with zero attached hydrogens (tertiary/aromatic N) is 2. The van der Waals surface area contributed by atoms with E-state index in [4.69, 9.17) is 10.5 Å². The van der Waals surface area contributed by atoms with Crippen LogP contribution in [0.1, 0.15) is 39.0 Å². The quantitative estimate of drug-likeness (QED) is 0.821. The number of anilines is 1. The molecule has 1 unspecified atom stereocenters. The molecule has 0 aromatic carbocycles. The third kappa shape index (κ3) is 3.60. The van der Waals surface area contributed by atoms with E-state index in [1.807, 2.05) is 18.3 Å². The molecule has 1 saturated heterocycles. The number of hydrogen-bond donors (Lipinski definition) is 1. The van der Waals surface area contributed by atoms with Crippen LogP contribution in [0.4, 0.5) is 5.82 Å². The number of hydrogen-bond acceptors (Lipinski definition) is 4. The maximum atomic E-state index is 5.82. The Morgan fingerprint density at radius 1 is 1.53 bits per heavy atom. The van der Waals surface area contributed by atoms with Gasteiger partial charge in [0.05, 0.1) is 6.61 Å². The van der Waals surface area contributed by atoms with Crippen molar-refractivity contribution in [2.45, 2.75) is 45.1 Å². The molecule has 0 radical (unpaired) electrons. The Labute approximate surface area is 116 Å². The molecule has 1 aliphatic heterocycles. The Kier molecular flexibility index (Phi) is 5.45. The Bertz CT molecular complexity index is 383. The topological polar surface area (TPSA) is 51.4 Å². The normalized spacial score (nSPS) is 18.8. The number of nitrogens with two attached hydrogens (primary N) is 1. The van der Waals surface area contributed by atoms with Crippen LogP contribution in [0.15, 0.2) is 18.3 Å². The fraction of sp³-hybridized carbons (Fsp3) is 0.667. The van der Waals surface area contributed by atoms with Crippen LogP contribution in [-0.4, -0.2) is 30.7 Å². The zero-order valence-corrected chi connectivity index (χ0v) is 11.8. The van der Waals surface area contributed by atoms with Crippen LogP contribution in [0.5, 0.6) is 5.75 Å². The molecule has 0 spiro atoms. The summed E-state index contributed by atoms with van der Waals surface area (Å²) in [5, 5.41) is 0. The Morgan fingerprint density at radius 2 is 2.42 bits per heavy atom. The van der Waals surface area contributed by atoms with Crippen LogP contribution in [0.3, 0.4) is 0 Å². The van der Waals surface area contributed by atoms with E-state index in [1.54, 1.807) is 0 Å². The molecule has 1 aromatic heterocycles. The minimum absolute atomic E-state index is 0.572. The molecule has 1 atom stereocenters. The lowest BCUT2D eigenvalue weighted by Gasteiger charge is -2.27. The summed E-state index contributed by atoms with van der Waals surface area (Å²) < 4.78 is 5.82. The van der Waals surface area contributed by atoms with Gasteiger partial charge in [-0.15, -0.1) is 0 Å². The first-order valence-electron chi connectivity index (χ1n) is 7.41. The Morgan fingerprint density at radius 3 is 3.21 bits per heavy atom. The first kappa shape index (κ1) is 14.1. The highest BCUT2D eigenvalue weighted by Gasteiger charge is 2.27. The highest BCUT2D eigenvalue weighted by molar-refractivity contribution is 5.53. The minimum Gasteiger partial charge on any atom is -0.490 e. The van der Waals surface area contributed by atoms with Crippen LogP contribution in [0, 0.1) is 0 Å². The van der Waals surface area contributed by atoms with Gasteiger partial charge in [0.1, 0.15) is 0 Å². The van der Waals surface area contributed by atoms with Gasteiger partial charge in [-0.2, -0.15) is 0 Å². The van der Waals surface area contributed by atoms with E-state index in [0.29, 0.717) is 6.04 Å². The van der Waals surface area contributed by atoms with E-state index >= 15 is 0 Å². The number of pyridine rings is 1.